The Hall–Kier alpha value is -1.87. The van der Waals surface area contributed by atoms with Crippen LogP contribution in [0.2, 0.25) is 0 Å². The maximum Gasteiger partial charge on any atom is 0.411 e. The number of alkyl halides is 3. The molecule has 0 aliphatic rings. The number of nitro benzene ring substituents is 1. The van der Waals surface area contributed by atoms with Gasteiger partial charge >= 0.3 is 6.18 Å². The summed E-state index contributed by atoms with van der Waals surface area (Å²) in [6.07, 6.45) is -4.34. The topological polar surface area (TPSA) is 73.6 Å². The minimum absolute atomic E-state index is 0.0825. The third kappa shape index (κ3) is 6.41. The number of hydrogen-bond donors (Lipinski definition) is 1. The molecule has 0 saturated heterocycles. The molecule has 9 heteroatoms. The fourth-order valence-corrected chi connectivity index (χ4v) is 1.57. The van der Waals surface area contributed by atoms with Gasteiger partial charge in [0.15, 0.2) is 0 Å². The zero-order chi connectivity index (χ0) is 15.9. The molecule has 0 radical (unpaired) electrons. The van der Waals surface area contributed by atoms with Gasteiger partial charge in [-0.1, -0.05) is 0 Å². The number of methoxy groups -OCH3 is 1. The molecule has 0 bridgehead atoms. The second-order valence-corrected chi connectivity index (χ2v) is 4.10. The molecule has 118 valence electrons. The lowest BCUT2D eigenvalue weighted by Gasteiger charge is -2.10. The average molecular weight is 308 g/mol. The lowest BCUT2D eigenvalue weighted by molar-refractivity contribution is -0.384. The Kier molecular flexibility index (Phi) is 6.38. The smallest absolute Gasteiger partial charge is 0.411 e. The molecule has 0 spiro atoms. The Morgan fingerprint density at radius 1 is 1.38 bits per heavy atom. The lowest BCUT2D eigenvalue weighted by atomic mass is 10.1. The van der Waals surface area contributed by atoms with Crippen molar-refractivity contribution in [3.63, 3.8) is 0 Å². The van der Waals surface area contributed by atoms with Crippen molar-refractivity contribution in [3.8, 4) is 5.75 Å². The summed E-state index contributed by atoms with van der Waals surface area (Å²) in [7, 11) is 1.43. The molecule has 0 heterocycles. The Bertz CT molecular complexity index is 480. The van der Waals surface area contributed by atoms with Crippen LogP contribution in [-0.4, -0.2) is 38.0 Å². The van der Waals surface area contributed by atoms with Gasteiger partial charge < -0.3 is 14.8 Å². The lowest BCUT2D eigenvalue weighted by Crippen LogP contribution is -2.23. The third-order valence-corrected chi connectivity index (χ3v) is 2.48. The van der Waals surface area contributed by atoms with Crippen LogP contribution in [0.25, 0.3) is 0 Å². The predicted molar refractivity (Wildman–Crippen MR) is 68.2 cm³/mol. The minimum atomic E-state index is -4.34. The van der Waals surface area contributed by atoms with E-state index < -0.39 is 17.7 Å². The standard InChI is InChI=1S/C12H15F3N2O4/c1-20-11-3-2-10(17(18)19)6-9(11)7-16-4-5-21-8-12(13,14)15/h2-3,6,16H,4-5,7-8H2,1H3. The fourth-order valence-electron chi connectivity index (χ4n) is 1.57. The molecule has 0 unspecified atom stereocenters. The first-order chi connectivity index (χ1) is 9.83. The quantitative estimate of drug-likeness (QED) is 0.453. The van der Waals surface area contributed by atoms with Crippen LogP contribution >= 0.6 is 0 Å². The van der Waals surface area contributed by atoms with Crippen molar-refractivity contribution in [2.45, 2.75) is 12.7 Å². The van der Waals surface area contributed by atoms with Crippen LogP contribution in [0.5, 0.6) is 5.75 Å². The number of hydrogen-bond acceptors (Lipinski definition) is 5. The molecule has 0 aliphatic heterocycles. The van der Waals surface area contributed by atoms with E-state index in [1.165, 1.54) is 25.3 Å². The monoisotopic (exact) mass is 308 g/mol. The van der Waals surface area contributed by atoms with E-state index >= 15 is 0 Å². The number of rotatable bonds is 8. The highest BCUT2D eigenvalue weighted by molar-refractivity contribution is 5.43. The Morgan fingerprint density at radius 3 is 2.67 bits per heavy atom. The summed E-state index contributed by atoms with van der Waals surface area (Å²) >= 11 is 0. The van der Waals surface area contributed by atoms with Crippen LogP contribution < -0.4 is 10.1 Å². The molecule has 6 nitrogen and oxygen atoms in total. The fraction of sp³-hybridized carbons (Fsp3) is 0.500. The van der Waals surface area contributed by atoms with Crippen LogP contribution in [0.4, 0.5) is 18.9 Å². The van der Waals surface area contributed by atoms with E-state index in [0.717, 1.165) is 0 Å². The van der Waals surface area contributed by atoms with Crippen molar-refractivity contribution in [3.05, 3.63) is 33.9 Å². The summed E-state index contributed by atoms with van der Waals surface area (Å²) < 4.78 is 45.0. The summed E-state index contributed by atoms with van der Waals surface area (Å²) in [5, 5.41) is 13.5. The Balaban J connectivity index is 2.43. The molecule has 21 heavy (non-hydrogen) atoms. The molecular weight excluding hydrogens is 293 g/mol. The summed E-state index contributed by atoms with van der Waals surface area (Å²) in [4.78, 5) is 10.1. The molecule has 1 N–H and O–H groups in total. The van der Waals surface area contributed by atoms with E-state index in [2.05, 4.69) is 10.1 Å². The van der Waals surface area contributed by atoms with Gasteiger partial charge in [0.05, 0.1) is 18.6 Å². The van der Waals surface area contributed by atoms with Crippen molar-refractivity contribution >= 4 is 5.69 Å². The molecule has 0 fully saturated rings. The van der Waals surface area contributed by atoms with E-state index in [1.54, 1.807) is 0 Å². The number of benzene rings is 1. The van der Waals surface area contributed by atoms with Crippen LogP contribution in [0.1, 0.15) is 5.56 Å². The predicted octanol–water partition coefficient (Wildman–Crippen LogP) is 2.27. The maximum atomic E-state index is 11.8. The number of nitrogens with one attached hydrogen (secondary N) is 1. The number of ether oxygens (including phenoxy) is 2. The number of nitrogens with zero attached hydrogens (tertiary/aromatic N) is 1. The second-order valence-electron chi connectivity index (χ2n) is 4.10. The van der Waals surface area contributed by atoms with E-state index in [-0.39, 0.29) is 25.4 Å². The summed E-state index contributed by atoms with van der Waals surface area (Å²) in [5.74, 6) is 0.462. The Morgan fingerprint density at radius 2 is 2.10 bits per heavy atom. The first-order valence-electron chi connectivity index (χ1n) is 6.00. The van der Waals surface area contributed by atoms with Gasteiger partial charge in [-0.3, -0.25) is 10.1 Å². The molecule has 0 atom stereocenters. The van der Waals surface area contributed by atoms with Gasteiger partial charge in [-0.25, -0.2) is 0 Å². The van der Waals surface area contributed by atoms with E-state index in [4.69, 9.17) is 4.74 Å². The van der Waals surface area contributed by atoms with Gasteiger partial charge in [0.1, 0.15) is 12.4 Å². The van der Waals surface area contributed by atoms with E-state index in [9.17, 15) is 23.3 Å². The number of halogens is 3. The van der Waals surface area contributed by atoms with Crippen LogP contribution in [0.3, 0.4) is 0 Å². The van der Waals surface area contributed by atoms with Gasteiger partial charge in [0.2, 0.25) is 0 Å². The van der Waals surface area contributed by atoms with Crippen molar-refractivity contribution in [2.75, 3.05) is 26.9 Å². The highest BCUT2D eigenvalue weighted by Crippen LogP contribution is 2.23. The zero-order valence-electron chi connectivity index (χ0n) is 11.3. The highest BCUT2D eigenvalue weighted by Gasteiger charge is 2.27. The Labute approximate surface area is 119 Å². The van der Waals surface area contributed by atoms with Crippen molar-refractivity contribution in [2.24, 2.45) is 0 Å². The molecular formula is C12H15F3N2O4. The van der Waals surface area contributed by atoms with Gasteiger partial charge in [-0.05, 0) is 6.07 Å². The van der Waals surface area contributed by atoms with Crippen LogP contribution in [0.15, 0.2) is 18.2 Å². The van der Waals surface area contributed by atoms with Crippen molar-refractivity contribution < 1.29 is 27.6 Å². The van der Waals surface area contributed by atoms with Gasteiger partial charge in [-0.2, -0.15) is 13.2 Å². The van der Waals surface area contributed by atoms with Gasteiger partial charge in [-0.15, -0.1) is 0 Å². The van der Waals surface area contributed by atoms with E-state index in [0.29, 0.717) is 11.3 Å². The molecule has 1 aromatic carbocycles. The van der Waals surface area contributed by atoms with Gasteiger partial charge in [0.25, 0.3) is 5.69 Å². The number of non-ortho nitro benzene ring substituents is 1. The molecule has 0 aromatic heterocycles. The average Bonchev–Trinajstić information content (AvgIpc) is 2.41. The van der Waals surface area contributed by atoms with Gasteiger partial charge in [0, 0.05) is 30.8 Å². The number of nitro groups is 1. The van der Waals surface area contributed by atoms with Crippen LogP contribution in [-0.2, 0) is 11.3 Å². The molecule has 0 aliphatic carbocycles. The first kappa shape index (κ1) is 17.2. The maximum absolute atomic E-state index is 11.8. The second kappa shape index (κ2) is 7.79. The first-order valence-corrected chi connectivity index (χ1v) is 6.00. The molecule has 0 saturated carbocycles. The molecule has 1 rings (SSSR count). The minimum Gasteiger partial charge on any atom is -0.496 e. The zero-order valence-corrected chi connectivity index (χ0v) is 11.3. The van der Waals surface area contributed by atoms with E-state index in [1.807, 2.05) is 0 Å². The normalized spacial score (nSPS) is 11.4. The van der Waals surface area contributed by atoms with Crippen molar-refractivity contribution in [1.29, 1.82) is 0 Å². The largest absolute Gasteiger partial charge is 0.496 e. The molecule has 0 amide bonds. The summed E-state index contributed by atoms with van der Waals surface area (Å²) in [6.45, 7) is -1.01. The van der Waals surface area contributed by atoms with Crippen LogP contribution in [0, 0.1) is 10.1 Å². The highest BCUT2D eigenvalue weighted by atomic mass is 19.4. The third-order valence-electron chi connectivity index (χ3n) is 2.48. The molecule has 1 aromatic rings. The SMILES string of the molecule is COc1ccc([N+](=O)[O-])cc1CNCCOCC(F)(F)F. The summed E-state index contributed by atoms with van der Waals surface area (Å²) in [5.41, 5.74) is 0.462. The summed E-state index contributed by atoms with van der Waals surface area (Å²) in [6, 6.07) is 4.13. The van der Waals surface area contributed by atoms with Crippen molar-refractivity contribution in [1.82, 2.24) is 5.32 Å².